The van der Waals surface area contributed by atoms with E-state index in [-0.39, 0.29) is 5.41 Å². The van der Waals surface area contributed by atoms with Crippen molar-refractivity contribution in [3.05, 3.63) is 60.0 Å². The second-order valence-corrected chi connectivity index (χ2v) is 9.02. The number of nitrogens with zero attached hydrogens (tertiary/aromatic N) is 7. The summed E-state index contributed by atoms with van der Waals surface area (Å²) in [6.45, 7) is 9.45. The molecular weight excluding hydrogens is 414 g/mol. The predicted molar refractivity (Wildman–Crippen MR) is 127 cm³/mol. The molecule has 0 bridgehead atoms. The number of hydrogen-bond acceptors (Lipinski definition) is 6. The Labute approximate surface area is 193 Å². The second kappa shape index (κ2) is 8.34. The normalized spacial score (nSPS) is 21.3. The lowest BCUT2D eigenvalue weighted by molar-refractivity contribution is 0.155. The summed E-state index contributed by atoms with van der Waals surface area (Å²) < 4.78 is 9.20. The number of hydrogen-bond donors (Lipinski definition) is 0. The van der Waals surface area contributed by atoms with Gasteiger partial charge >= 0.3 is 0 Å². The number of allylic oxidation sites excluding steroid dienone is 3. The summed E-state index contributed by atoms with van der Waals surface area (Å²) in [4.78, 5) is 6.61. The van der Waals surface area contributed by atoms with Gasteiger partial charge in [-0.2, -0.15) is 15.5 Å². The van der Waals surface area contributed by atoms with Crippen molar-refractivity contribution >= 4 is 17.8 Å². The number of ether oxygens (including phenoxy) is 1. The molecule has 2 aliphatic rings. The van der Waals surface area contributed by atoms with Gasteiger partial charge in [-0.1, -0.05) is 6.08 Å². The minimum absolute atomic E-state index is 0.256. The molecule has 2 fully saturated rings. The van der Waals surface area contributed by atoms with Crippen LogP contribution in [0, 0.1) is 16.7 Å². The highest BCUT2D eigenvalue weighted by molar-refractivity contribution is 5.84. The van der Waals surface area contributed by atoms with Crippen LogP contribution in [0.15, 0.2) is 53.8 Å². The van der Waals surface area contributed by atoms with Gasteiger partial charge in [-0.05, 0) is 44.2 Å². The molecule has 3 aromatic heterocycles. The van der Waals surface area contributed by atoms with E-state index in [2.05, 4.69) is 45.0 Å². The van der Waals surface area contributed by atoms with Crippen molar-refractivity contribution in [2.24, 2.45) is 17.5 Å². The van der Waals surface area contributed by atoms with Crippen LogP contribution < -0.4 is 0 Å². The first-order chi connectivity index (χ1) is 16.0. The third kappa shape index (κ3) is 3.85. The molecule has 1 unspecified atom stereocenters. The first-order valence-corrected chi connectivity index (χ1v) is 11.1. The zero-order chi connectivity index (χ0) is 23.0. The van der Waals surface area contributed by atoms with Gasteiger partial charge in [0.05, 0.1) is 30.1 Å². The van der Waals surface area contributed by atoms with E-state index in [0.29, 0.717) is 5.56 Å². The highest BCUT2D eigenvalue weighted by Crippen LogP contribution is 2.39. The fourth-order valence-corrected chi connectivity index (χ4v) is 4.88. The molecule has 0 amide bonds. The van der Waals surface area contributed by atoms with Crippen LogP contribution in [-0.2, 0) is 11.8 Å². The van der Waals surface area contributed by atoms with Gasteiger partial charge in [0.2, 0.25) is 0 Å². The van der Waals surface area contributed by atoms with E-state index in [4.69, 9.17) is 4.74 Å². The van der Waals surface area contributed by atoms with Gasteiger partial charge in [-0.15, -0.1) is 0 Å². The number of aliphatic imine (C=N–C) groups is 1. The molecule has 3 aromatic rings. The Morgan fingerprint density at radius 3 is 2.82 bits per heavy atom. The van der Waals surface area contributed by atoms with Crippen LogP contribution in [-0.4, -0.2) is 57.3 Å². The fourth-order valence-electron chi connectivity index (χ4n) is 4.88. The van der Waals surface area contributed by atoms with E-state index >= 15 is 0 Å². The van der Waals surface area contributed by atoms with Gasteiger partial charge in [0.1, 0.15) is 11.9 Å². The zero-order valence-corrected chi connectivity index (χ0v) is 19.0. The number of rotatable bonds is 5. The van der Waals surface area contributed by atoms with E-state index in [1.54, 1.807) is 15.4 Å². The molecule has 33 heavy (non-hydrogen) atoms. The van der Waals surface area contributed by atoms with Crippen molar-refractivity contribution in [3.63, 3.8) is 0 Å². The van der Waals surface area contributed by atoms with Crippen molar-refractivity contribution in [1.29, 1.82) is 5.26 Å². The summed E-state index contributed by atoms with van der Waals surface area (Å²) >= 11 is 0. The summed E-state index contributed by atoms with van der Waals surface area (Å²) in [5.41, 5.74) is 5.54. The average molecular weight is 442 g/mol. The van der Waals surface area contributed by atoms with Crippen LogP contribution in [0.25, 0.3) is 22.2 Å². The quantitative estimate of drug-likeness (QED) is 0.446. The molecule has 5 heterocycles. The monoisotopic (exact) mass is 441 g/mol. The third-order valence-electron chi connectivity index (χ3n) is 6.79. The minimum Gasteiger partial charge on any atom is -0.381 e. The Balaban J connectivity index is 1.52. The van der Waals surface area contributed by atoms with Crippen LogP contribution in [0.3, 0.4) is 0 Å². The highest BCUT2D eigenvalue weighted by Gasteiger charge is 2.41. The van der Waals surface area contributed by atoms with Crippen LogP contribution in [0.2, 0.25) is 0 Å². The van der Waals surface area contributed by atoms with Gasteiger partial charge < -0.3 is 9.64 Å². The van der Waals surface area contributed by atoms with Gasteiger partial charge in [-0.3, -0.25) is 4.68 Å². The molecule has 8 nitrogen and oxygen atoms in total. The first-order valence-electron chi connectivity index (χ1n) is 11.1. The molecule has 5 rings (SSSR count). The second-order valence-electron chi connectivity index (χ2n) is 9.02. The summed E-state index contributed by atoms with van der Waals surface area (Å²) in [7, 11) is 1.89. The summed E-state index contributed by atoms with van der Waals surface area (Å²) in [5.74, 6) is 0.867. The maximum atomic E-state index is 9.63. The van der Waals surface area contributed by atoms with E-state index < -0.39 is 0 Å². The number of aryl methyl sites for hydroxylation is 1. The number of likely N-dealkylation sites (tertiary alicyclic amines) is 1. The molecule has 1 spiro atoms. The van der Waals surface area contributed by atoms with Crippen molar-refractivity contribution < 1.29 is 4.74 Å². The van der Waals surface area contributed by atoms with Crippen molar-refractivity contribution in [3.8, 4) is 17.2 Å². The smallest absolute Gasteiger partial charge is 0.127 e. The molecule has 0 radical (unpaired) electrons. The maximum absolute atomic E-state index is 9.63. The summed E-state index contributed by atoms with van der Waals surface area (Å²) in [6.07, 6.45) is 13.6. The Morgan fingerprint density at radius 1 is 1.24 bits per heavy atom. The molecule has 0 saturated carbocycles. The Bertz CT molecular complexity index is 1310. The van der Waals surface area contributed by atoms with E-state index in [9.17, 15) is 5.26 Å². The van der Waals surface area contributed by atoms with Crippen LogP contribution >= 0.6 is 0 Å². The summed E-state index contributed by atoms with van der Waals surface area (Å²) in [6, 6.07) is 4.36. The Morgan fingerprint density at radius 2 is 2.12 bits per heavy atom. The molecule has 0 aliphatic carbocycles. The van der Waals surface area contributed by atoms with Crippen molar-refractivity contribution in [2.75, 3.05) is 26.3 Å². The van der Waals surface area contributed by atoms with Crippen molar-refractivity contribution in [1.82, 2.24) is 24.3 Å². The topological polar surface area (TPSA) is 83.7 Å². The third-order valence-corrected chi connectivity index (χ3v) is 6.79. The predicted octanol–water partition coefficient (Wildman–Crippen LogP) is 3.66. The molecule has 2 aliphatic heterocycles. The Hall–Kier alpha value is -3.70. The first kappa shape index (κ1) is 21.2. The largest absolute Gasteiger partial charge is 0.381 e. The fraction of sp³-hybridized carbons (Fsp3) is 0.360. The standard InChI is InChI=1S/C25H27N7O/c1-18(4-5-23(27-2)31-8-6-25(16-31)7-9-33-17-25)22-10-19(21-13-28-30(3)14-21)15-32-24(22)20(11-26)12-29-32/h4-5,10,12-15H,2,6-9,16-17H2,1,3H3/b18-4+,23-5+. The van der Waals surface area contributed by atoms with Crippen LogP contribution in [0.4, 0.5) is 0 Å². The average Bonchev–Trinajstić information content (AvgIpc) is 3.62. The molecule has 1 atom stereocenters. The Kier molecular flexibility index (Phi) is 5.35. The molecule has 168 valence electrons. The molecular formula is C25H27N7O. The SMILES string of the molecule is C=N/C(=C\C=C(/C)c1cc(-c2cnn(C)c2)cn2ncc(C#N)c12)N1CCC2(CCOC2)C1. The summed E-state index contributed by atoms with van der Waals surface area (Å²) in [5, 5.41) is 18.3. The zero-order valence-electron chi connectivity index (χ0n) is 19.0. The van der Waals surface area contributed by atoms with E-state index in [0.717, 1.165) is 72.7 Å². The minimum atomic E-state index is 0.256. The molecule has 0 aromatic carbocycles. The number of pyridine rings is 1. The van der Waals surface area contributed by atoms with Crippen molar-refractivity contribution in [2.45, 2.75) is 19.8 Å². The number of fused-ring (bicyclic) bond motifs is 1. The molecule has 2 saturated heterocycles. The van der Waals surface area contributed by atoms with Crippen LogP contribution in [0.1, 0.15) is 30.9 Å². The van der Waals surface area contributed by atoms with Crippen LogP contribution in [0.5, 0.6) is 0 Å². The lowest BCUT2D eigenvalue weighted by Crippen LogP contribution is -2.26. The lowest BCUT2D eigenvalue weighted by Gasteiger charge is -2.23. The number of aromatic nitrogens is 4. The maximum Gasteiger partial charge on any atom is 0.127 e. The van der Waals surface area contributed by atoms with Gasteiger partial charge in [-0.25, -0.2) is 9.51 Å². The van der Waals surface area contributed by atoms with Gasteiger partial charge in [0.15, 0.2) is 0 Å². The molecule has 8 heteroatoms. The lowest BCUT2D eigenvalue weighted by atomic mass is 9.87. The van der Waals surface area contributed by atoms with E-state index in [1.807, 2.05) is 38.6 Å². The number of nitriles is 1. The van der Waals surface area contributed by atoms with Gasteiger partial charge in [0.25, 0.3) is 0 Å². The molecule has 0 N–H and O–H groups in total. The van der Waals surface area contributed by atoms with E-state index in [1.165, 1.54) is 0 Å². The highest BCUT2D eigenvalue weighted by atomic mass is 16.5. The van der Waals surface area contributed by atoms with Gasteiger partial charge in [0, 0.05) is 61.2 Å².